The summed E-state index contributed by atoms with van der Waals surface area (Å²) in [7, 11) is 0. The van der Waals surface area contributed by atoms with Gasteiger partial charge in [0.25, 0.3) is 0 Å². The highest BCUT2D eigenvalue weighted by Gasteiger charge is 2.20. The predicted molar refractivity (Wildman–Crippen MR) is 59.0 cm³/mol. The Labute approximate surface area is 97.1 Å². The van der Waals surface area contributed by atoms with Crippen LogP contribution in [0.3, 0.4) is 0 Å². The fourth-order valence-electron chi connectivity index (χ4n) is 1.93. The Morgan fingerprint density at radius 1 is 1.50 bits per heavy atom. The first-order valence-electron chi connectivity index (χ1n) is 5.25. The number of nitrogens with zero attached hydrogens (tertiary/aromatic N) is 4. The fraction of sp³-hybridized carbons (Fsp3) is 0.500. The molecule has 0 spiro atoms. The molecule has 0 amide bonds. The summed E-state index contributed by atoms with van der Waals surface area (Å²) >= 11 is 1.66. The molecular formula is C10H12N4OS. The third-order valence-corrected chi connectivity index (χ3v) is 3.54. The van der Waals surface area contributed by atoms with Crippen LogP contribution >= 0.6 is 11.3 Å². The van der Waals surface area contributed by atoms with Crippen LogP contribution in [0.5, 0.6) is 0 Å². The first kappa shape index (κ1) is 9.92. The normalized spacial score (nSPS) is 16.3. The molecule has 5 nitrogen and oxygen atoms in total. The molecule has 0 aromatic carbocycles. The molecule has 0 unspecified atom stereocenters. The number of aryl methyl sites for hydroxylation is 1. The second kappa shape index (κ2) is 3.95. The number of rotatable bonds is 2. The van der Waals surface area contributed by atoms with Crippen molar-refractivity contribution >= 4 is 11.3 Å². The van der Waals surface area contributed by atoms with Crippen molar-refractivity contribution in [3.05, 3.63) is 27.5 Å². The maximum absolute atomic E-state index is 4.97. The van der Waals surface area contributed by atoms with E-state index in [-0.39, 0.29) is 0 Å². The van der Waals surface area contributed by atoms with Crippen LogP contribution in [0.15, 0.2) is 10.8 Å². The predicted octanol–water partition coefficient (Wildman–Crippen LogP) is 1.39. The van der Waals surface area contributed by atoms with Gasteiger partial charge in [-0.15, -0.1) is 21.5 Å². The molecule has 0 bridgehead atoms. The lowest BCUT2D eigenvalue weighted by Crippen LogP contribution is -2.29. The summed E-state index contributed by atoms with van der Waals surface area (Å²) in [5, 5.41) is 14.3. The molecule has 2 aromatic heterocycles. The topological polar surface area (TPSA) is 55.1 Å². The molecule has 3 heterocycles. The van der Waals surface area contributed by atoms with E-state index in [2.05, 4.69) is 20.3 Å². The third-order valence-electron chi connectivity index (χ3n) is 2.71. The van der Waals surface area contributed by atoms with Crippen molar-refractivity contribution in [2.24, 2.45) is 0 Å². The summed E-state index contributed by atoms with van der Waals surface area (Å²) in [5.41, 5.74) is 2.30. The summed E-state index contributed by atoms with van der Waals surface area (Å²) in [6.07, 6.45) is 2.70. The molecule has 0 fully saturated rings. The first-order valence-corrected chi connectivity index (χ1v) is 6.06. The molecule has 84 valence electrons. The van der Waals surface area contributed by atoms with Crippen LogP contribution in [-0.4, -0.2) is 26.8 Å². The van der Waals surface area contributed by atoms with Gasteiger partial charge in [-0.2, -0.15) is 0 Å². The van der Waals surface area contributed by atoms with Crippen molar-refractivity contribution in [1.82, 2.24) is 20.3 Å². The molecule has 0 N–H and O–H groups in total. The molecule has 1 aliphatic heterocycles. The molecular weight excluding hydrogens is 224 g/mol. The zero-order valence-corrected chi connectivity index (χ0v) is 9.83. The fourth-order valence-corrected chi connectivity index (χ4v) is 2.68. The van der Waals surface area contributed by atoms with Gasteiger partial charge in [0.15, 0.2) is 0 Å². The Morgan fingerprint density at radius 2 is 2.44 bits per heavy atom. The molecule has 0 radical (unpaired) electrons. The van der Waals surface area contributed by atoms with Gasteiger partial charge in [-0.25, -0.2) is 0 Å². The van der Waals surface area contributed by atoms with Gasteiger partial charge in [0, 0.05) is 25.1 Å². The van der Waals surface area contributed by atoms with E-state index in [4.69, 9.17) is 4.52 Å². The van der Waals surface area contributed by atoms with Crippen LogP contribution in [-0.2, 0) is 19.5 Å². The average molecular weight is 236 g/mol. The quantitative estimate of drug-likeness (QED) is 0.788. The van der Waals surface area contributed by atoms with E-state index in [0.717, 1.165) is 41.8 Å². The van der Waals surface area contributed by atoms with Crippen LogP contribution in [0.25, 0.3) is 0 Å². The van der Waals surface area contributed by atoms with Gasteiger partial charge in [-0.05, 0) is 6.92 Å². The third kappa shape index (κ3) is 1.85. The minimum atomic E-state index is 0.871. The van der Waals surface area contributed by atoms with Crippen molar-refractivity contribution in [1.29, 1.82) is 0 Å². The van der Waals surface area contributed by atoms with Crippen LogP contribution < -0.4 is 0 Å². The molecule has 3 rings (SSSR count). The molecule has 0 atom stereocenters. The lowest BCUT2D eigenvalue weighted by Gasteiger charge is -2.24. The van der Waals surface area contributed by atoms with E-state index in [1.807, 2.05) is 6.92 Å². The highest BCUT2D eigenvalue weighted by atomic mass is 32.1. The standard InChI is InChI=1S/C10H12N4OS/c1-7-11-12-10(16-7)5-14-3-2-9-8(4-14)6-15-13-9/h6H,2-5H2,1H3. The Bertz CT molecular complexity index is 492. The second-order valence-corrected chi connectivity index (χ2v) is 5.23. The van der Waals surface area contributed by atoms with Crippen molar-refractivity contribution in [2.45, 2.75) is 26.4 Å². The van der Waals surface area contributed by atoms with Gasteiger partial charge < -0.3 is 4.52 Å². The van der Waals surface area contributed by atoms with Crippen molar-refractivity contribution in [3.8, 4) is 0 Å². The minimum Gasteiger partial charge on any atom is -0.364 e. The van der Waals surface area contributed by atoms with E-state index in [0.29, 0.717) is 0 Å². The van der Waals surface area contributed by atoms with Crippen LogP contribution in [0.2, 0.25) is 0 Å². The van der Waals surface area contributed by atoms with Gasteiger partial charge >= 0.3 is 0 Å². The van der Waals surface area contributed by atoms with Crippen molar-refractivity contribution in [3.63, 3.8) is 0 Å². The van der Waals surface area contributed by atoms with Crippen LogP contribution in [0, 0.1) is 6.92 Å². The van der Waals surface area contributed by atoms with E-state index < -0.39 is 0 Å². The Hall–Kier alpha value is -1.27. The van der Waals surface area contributed by atoms with E-state index in [1.165, 1.54) is 5.56 Å². The van der Waals surface area contributed by atoms with Crippen LogP contribution in [0.4, 0.5) is 0 Å². The summed E-state index contributed by atoms with van der Waals surface area (Å²) in [5.74, 6) is 0. The summed E-state index contributed by atoms with van der Waals surface area (Å²) < 4.78 is 4.97. The van der Waals surface area contributed by atoms with Crippen molar-refractivity contribution < 1.29 is 4.52 Å². The Balaban J connectivity index is 1.70. The smallest absolute Gasteiger partial charge is 0.131 e. The molecule has 6 heteroatoms. The number of hydrogen-bond donors (Lipinski definition) is 0. The van der Waals surface area contributed by atoms with E-state index >= 15 is 0 Å². The first-order chi connectivity index (χ1) is 7.81. The molecule has 0 saturated carbocycles. The number of aromatic nitrogens is 3. The Morgan fingerprint density at radius 3 is 3.25 bits per heavy atom. The maximum atomic E-state index is 4.97. The SMILES string of the molecule is Cc1nnc(CN2CCc3nocc3C2)s1. The number of hydrogen-bond acceptors (Lipinski definition) is 6. The molecule has 1 aliphatic rings. The largest absolute Gasteiger partial charge is 0.364 e. The maximum Gasteiger partial charge on any atom is 0.131 e. The number of fused-ring (bicyclic) bond motifs is 1. The minimum absolute atomic E-state index is 0.871. The van der Waals surface area contributed by atoms with Crippen LogP contribution in [0.1, 0.15) is 21.3 Å². The highest BCUT2D eigenvalue weighted by molar-refractivity contribution is 7.11. The van der Waals surface area contributed by atoms with Gasteiger partial charge in [-0.3, -0.25) is 4.90 Å². The summed E-state index contributed by atoms with van der Waals surface area (Å²) in [6.45, 7) is 4.77. The molecule has 0 aliphatic carbocycles. The van der Waals surface area contributed by atoms with Gasteiger partial charge in [0.1, 0.15) is 16.3 Å². The zero-order valence-electron chi connectivity index (χ0n) is 9.01. The Kier molecular flexibility index (Phi) is 2.45. The average Bonchev–Trinajstić information content (AvgIpc) is 2.87. The second-order valence-electron chi connectivity index (χ2n) is 3.96. The van der Waals surface area contributed by atoms with Gasteiger partial charge in [-0.1, -0.05) is 5.16 Å². The molecule has 16 heavy (non-hydrogen) atoms. The monoisotopic (exact) mass is 236 g/mol. The van der Waals surface area contributed by atoms with Gasteiger partial charge in [0.2, 0.25) is 0 Å². The molecule has 2 aromatic rings. The lowest BCUT2D eigenvalue weighted by atomic mass is 10.1. The van der Waals surface area contributed by atoms with Crippen molar-refractivity contribution in [2.75, 3.05) is 6.54 Å². The van der Waals surface area contributed by atoms with E-state index in [9.17, 15) is 0 Å². The highest BCUT2D eigenvalue weighted by Crippen LogP contribution is 2.20. The summed E-state index contributed by atoms with van der Waals surface area (Å²) in [6, 6.07) is 0. The lowest BCUT2D eigenvalue weighted by molar-refractivity contribution is 0.243. The van der Waals surface area contributed by atoms with E-state index in [1.54, 1.807) is 17.6 Å². The molecule has 0 saturated heterocycles. The summed E-state index contributed by atoms with van der Waals surface area (Å²) in [4.78, 5) is 2.35. The zero-order chi connectivity index (χ0) is 11.0. The van der Waals surface area contributed by atoms with Gasteiger partial charge in [0.05, 0.1) is 12.2 Å².